The third-order valence-electron chi connectivity index (χ3n) is 5.38. The van der Waals surface area contributed by atoms with E-state index in [-0.39, 0.29) is 11.4 Å². The van der Waals surface area contributed by atoms with E-state index in [9.17, 15) is 9.18 Å². The van der Waals surface area contributed by atoms with Gasteiger partial charge in [-0.3, -0.25) is 4.79 Å². The fourth-order valence-corrected chi connectivity index (χ4v) is 3.79. The Labute approximate surface area is 181 Å². The maximum absolute atomic E-state index is 13.4. The monoisotopic (exact) mass is 419 g/mol. The molecule has 0 atom stereocenters. The molecule has 2 aromatic carbocycles. The molecule has 1 saturated heterocycles. The van der Waals surface area contributed by atoms with Gasteiger partial charge in [0.25, 0.3) is 5.91 Å². The standard InChI is InChI=1S/C24H26FN5O/c25-18-7-4-6-17(12-18)15-27-22-14-23(28-16-21(22)24(26)31)29-19-8-5-9-20(13-19)30-10-2-1-3-11-30/h4-9,12-14,16H,1-3,10-11,15H2,(H2,26,31)(H2,27,28,29). The van der Waals surface area contributed by atoms with Gasteiger partial charge in [0.2, 0.25) is 0 Å². The van der Waals surface area contributed by atoms with Crippen LogP contribution in [-0.4, -0.2) is 24.0 Å². The van der Waals surface area contributed by atoms with Crippen molar-refractivity contribution in [3.8, 4) is 0 Å². The Bertz CT molecular complexity index is 1070. The van der Waals surface area contributed by atoms with Crippen LogP contribution in [0.4, 0.5) is 27.3 Å². The van der Waals surface area contributed by atoms with Gasteiger partial charge in [-0.1, -0.05) is 18.2 Å². The van der Waals surface area contributed by atoms with Gasteiger partial charge >= 0.3 is 0 Å². The Hall–Kier alpha value is -3.61. The van der Waals surface area contributed by atoms with E-state index in [0.29, 0.717) is 18.1 Å². The molecule has 160 valence electrons. The molecule has 0 spiro atoms. The molecule has 31 heavy (non-hydrogen) atoms. The number of amides is 1. The molecule has 1 aliphatic heterocycles. The van der Waals surface area contributed by atoms with Crippen LogP contribution in [0.25, 0.3) is 0 Å². The molecule has 6 nitrogen and oxygen atoms in total. The summed E-state index contributed by atoms with van der Waals surface area (Å²) in [5, 5.41) is 6.48. The van der Waals surface area contributed by atoms with Crippen molar-refractivity contribution >= 4 is 28.8 Å². The van der Waals surface area contributed by atoms with E-state index in [1.807, 2.05) is 18.2 Å². The van der Waals surface area contributed by atoms with Crippen molar-refractivity contribution in [2.45, 2.75) is 25.8 Å². The van der Waals surface area contributed by atoms with Gasteiger partial charge in [-0.25, -0.2) is 9.37 Å². The molecule has 4 rings (SSSR count). The Balaban J connectivity index is 1.52. The minimum Gasteiger partial charge on any atom is -0.380 e. The zero-order valence-electron chi connectivity index (χ0n) is 17.3. The second-order valence-electron chi connectivity index (χ2n) is 7.69. The summed E-state index contributed by atoms with van der Waals surface area (Å²) in [7, 11) is 0. The van der Waals surface area contributed by atoms with Gasteiger partial charge in [0, 0.05) is 43.3 Å². The van der Waals surface area contributed by atoms with Crippen molar-refractivity contribution < 1.29 is 9.18 Å². The van der Waals surface area contributed by atoms with Crippen LogP contribution in [0.15, 0.2) is 60.8 Å². The number of nitrogens with zero attached hydrogens (tertiary/aromatic N) is 2. The summed E-state index contributed by atoms with van der Waals surface area (Å²) in [6.07, 6.45) is 5.17. The lowest BCUT2D eigenvalue weighted by Crippen LogP contribution is -2.29. The molecular formula is C24H26FN5O. The van der Waals surface area contributed by atoms with Crippen LogP contribution >= 0.6 is 0 Å². The normalized spacial score (nSPS) is 13.6. The molecule has 1 amide bonds. The van der Waals surface area contributed by atoms with Gasteiger partial charge in [-0.05, 0) is 55.2 Å². The minimum atomic E-state index is -0.576. The number of piperidine rings is 1. The molecule has 0 radical (unpaired) electrons. The van der Waals surface area contributed by atoms with Gasteiger partial charge in [0.1, 0.15) is 11.6 Å². The molecule has 1 aromatic heterocycles. The molecule has 0 unspecified atom stereocenters. The van der Waals surface area contributed by atoms with Crippen LogP contribution < -0.4 is 21.3 Å². The summed E-state index contributed by atoms with van der Waals surface area (Å²) in [6, 6.07) is 16.3. The highest BCUT2D eigenvalue weighted by Gasteiger charge is 2.13. The number of primary amides is 1. The number of pyridine rings is 1. The zero-order chi connectivity index (χ0) is 21.6. The molecule has 4 N–H and O–H groups in total. The SMILES string of the molecule is NC(=O)c1cnc(Nc2cccc(N3CCCCC3)c2)cc1NCc1cccc(F)c1. The number of halogens is 1. The lowest BCUT2D eigenvalue weighted by Gasteiger charge is -2.29. The fraction of sp³-hybridized carbons (Fsp3) is 0.250. The topological polar surface area (TPSA) is 83.3 Å². The van der Waals surface area contributed by atoms with Crippen LogP contribution in [0.3, 0.4) is 0 Å². The summed E-state index contributed by atoms with van der Waals surface area (Å²) in [5.41, 5.74) is 9.19. The van der Waals surface area contributed by atoms with E-state index in [4.69, 9.17) is 5.73 Å². The summed E-state index contributed by atoms with van der Waals surface area (Å²) < 4.78 is 13.4. The average Bonchev–Trinajstić information content (AvgIpc) is 2.78. The maximum Gasteiger partial charge on any atom is 0.252 e. The first-order valence-electron chi connectivity index (χ1n) is 10.5. The number of benzene rings is 2. The average molecular weight is 420 g/mol. The van der Waals surface area contributed by atoms with Crippen LogP contribution in [0.5, 0.6) is 0 Å². The van der Waals surface area contributed by atoms with Crippen molar-refractivity contribution in [3.63, 3.8) is 0 Å². The molecule has 1 fully saturated rings. The van der Waals surface area contributed by atoms with Gasteiger partial charge in [0.15, 0.2) is 0 Å². The van der Waals surface area contributed by atoms with Crippen molar-refractivity contribution in [3.05, 3.63) is 77.7 Å². The number of carbonyl (C=O) groups is 1. The number of carbonyl (C=O) groups excluding carboxylic acids is 1. The smallest absolute Gasteiger partial charge is 0.252 e. The summed E-state index contributed by atoms with van der Waals surface area (Å²) in [5.74, 6) is -0.296. The Morgan fingerprint density at radius 3 is 2.65 bits per heavy atom. The van der Waals surface area contributed by atoms with Gasteiger partial charge < -0.3 is 21.3 Å². The molecular weight excluding hydrogens is 393 g/mol. The highest BCUT2D eigenvalue weighted by molar-refractivity contribution is 5.98. The highest BCUT2D eigenvalue weighted by atomic mass is 19.1. The van der Waals surface area contributed by atoms with Gasteiger partial charge in [0.05, 0.1) is 11.3 Å². The van der Waals surface area contributed by atoms with Crippen molar-refractivity contribution in [1.82, 2.24) is 4.98 Å². The first kappa shape index (κ1) is 20.7. The lowest BCUT2D eigenvalue weighted by atomic mass is 10.1. The fourth-order valence-electron chi connectivity index (χ4n) is 3.79. The van der Waals surface area contributed by atoms with Crippen molar-refractivity contribution in [1.29, 1.82) is 0 Å². The van der Waals surface area contributed by atoms with Gasteiger partial charge in [-0.15, -0.1) is 0 Å². The molecule has 3 aromatic rings. The van der Waals surface area contributed by atoms with Crippen molar-refractivity contribution in [2.75, 3.05) is 28.6 Å². The third-order valence-corrected chi connectivity index (χ3v) is 5.38. The molecule has 0 aliphatic carbocycles. The van der Waals surface area contributed by atoms with E-state index >= 15 is 0 Å². The van der Waals surface area contributed by atoms with E-state index in [0.717, 1.165) is 24.3 Å². The second kappa shape index (κ2) is 9.47. The molecule has 2 heterocycles. The van der Waals surface area contributed by atoms with Crippen LogP contribution in [-0.2, 0) is 6.54 Å². The zero-order valence-corrected chi connectivity index (χ0v) is 17.3. The number of hydrogen-bond acceptors (Lipinski definition) is 5. The predicted octanol–water partition coefficient (Wildman–Crippen LogP) is 4.67. The number of rotatable bonds is 7. The van der Waals surface area contributed by atoms with Crippen LogP contribution in [0, 0.1) is 5.82 Å². The Morgan fingerprint density at radius 1 is 1.06 bits per heavy atom. The first-order chi connectivity index (χ1) is 15.1. The number of anilines is 4. The second-order valence-corrected chi connectivity index (χ2v) is 7.69. The predicted molar refractivity (Wildman–Crippen MR) is 122 cm³/mol. The van der Waals surface area contributed by atoms with E-state index in [1.165, 1.54) is 43.3 Å². The number of nitrogens with two attached hydrogens (primary N) is 1. The lowest BCUT2D eigenvalue weighted by molar-refractivity contribution is 0.100. The van der Waals surface area contributed by atoms with Gasteiger partial charge in [-0.2, -0.15) is 0 Å². The Morgan fingerprint density at radius 2 is 1.87 bits per heavy atom. The number of nitrogens with one attached hydrogen (secondary N) is 2. The van der Waals surface area contributed by atoms with E-state index in [1.54, 1.807) is 12.1 Å². The quantitative estimate of drug-likeness (QED) is 0.519. The third kappa shape index (κ3) is 5.31. The number of hydrogen-bond donors (Lipinski definition) is 3. The summed E-state index contributed by atoms with van der Waals surface area (Å²) in [6.45, 7) is 2.50. The minimum absolute atomic E-state index is 0.282. The van der Waals surface area contributed by atoms with E-state index < -0.39 is 5.91 Å². The van der Waals surface area contributed by atoms with Crippen molar-refractivity contribution in [2.24, 2.45) is 5.73 Å². The molecule has 0 bridgehead atoms. The molecule has 0 saturated carbocycles. The maximum atomic E-state index is 13.4. The largest absolute Gasteiger partial charge is 0.380 e. The molecule has 7 heteroatoms. The van der Waals surface area contributed by atoms with Crippen LogP contribution in [0.2, 0.25) is 0 Å². The summed E-state index contributed by atoms with van der Waals surface area (Å²) >= 11 is 0. The molecule has 1 aliphatic rings. The number of aromatic nitrogens is 1. The Kier molecular flexibility index (Phi) is 6.31. The van der Waals surface area contributed by atoms with E-state index in [2.05, 4.69) is 32.7 Å². The highest BCUT2D eigenvalue weighted by Crippen LogP contribution is 2.26. The van der Waals surface area contributed by atoms with Crippen LogP contribution in [0.1, 0.15) is 35.2 Å². The summed E-state index contributed by atoms with van der Waals surface area (Å²) in [4.78, 5) is 18.6. The first-order valence-corrected chi connectivity index (χ1v) is 10.5.